The molecule has 2 rings (SSSR count). The van der Waals surface area contributed by atoms with Gasteiger partial charge in [-0.25, -0.2) is 4.72 Å². The number of carbonyl (C=O) groups excluding carboxylic acids is 1. The summed E-state index contributed by atoms with van der Waals surface area (Å²) in [5.74, 6) is -0.435. The first kappa shape index (κ1) is 20.9. The fraction of sp³-hybridized carbons (Fsp3) is 0.533. The standard InChI is InChI=1S/C15H23N3O4S.ClH/c1-18(10-8-15(19)22-2)23(20,21)17-11-14-13-6-4-3-5-12(13)7-9-16-14;/h3-6,14,16-17H,7-11H2,1-2H3;1H. The topological polar surface area (TPSA) is 87.7 Å². The van der Waals surface area contributed by atoms with E-state index in [9.17, 15) is 13.2 Å². The number of esters is 1. The Bertz CT molecular complexity index is 654. The van der Waals surface area contributed by atoms with E-state index in [2.05, 4.69) is 20.8 Å². The summed E-state index contributed by atoms with van der Waals surface area (Å²) in [6.07, 6.45) is 0.969. The molecule has 0 fully saturated rings. The number of ether oxygens (including phenoxy) is 1. The minimum Gasteiger partial charge on any atom is -0.469 e. The molecule has 24 heavy (non-hydrogen) atoms. The molecule has 7 nitrogen and oxygen atoms in total. The predicted octanol–water partition coefficient (Wildman–Crippen LogP) is 0.625. The Balaban J connectivity index is 0.00000288. The van der Waals surface area contributed by atoms with E-state index in [1.807, 2.05) is 18.2 Å². The number of carbonyl (C=O) groups is 1. The molecule has 1 aromatic carbocycles. The summed E-state index contributed by atoms with van der Waals surface area (Å²) in [6, 6.07) is 7.98. The molecule has 0 amide bonds. The average Bonchev–Trinajstić information content (AvgIpc) is 2.57. The summed E-state index contributed by atoms with van der Waals surface area (Å²) in [5, 5.41) is 3.33. The van der Waals surface area contributed by atoms with Crippen molar-refractivity contribution in [2.24, 2.45) is 0 Å². The quantitative estimate of drug-likeness (QED) is 0.680. The van der Waals surface area contributed by atoms with Crippen molar-refractivity contribution < 1.29 is 17.9 Å². The maximum Gasteiger partial charge on any atom is 0.306 e. The Hall–Kier alpha value is -1.19. The van der Waals surface area contributed by atoms with Crippen LogP contribution in [0.25, 0.3) is 0 Å². The minimum absolute atomic E-state index is 0. The molecule has 0 aromatic heterocycles. The van der Waals surface area contributed by atoms with Crippen LogP contribution in [0, 0.1) is 0 Å². The van der Waals surface area contributed by atoms with E-state index in [1.165, 1.54) is 19.7 Å². The fourth-order valence-electron chi connectivity index (χ4n) is 2.54. The number of benzene rings is 1. The molecule has 1 unspecified atom stereocenters. The van der Waals surface area contributed by atoms with Gasteiger partial charge >= 0.3 is 5.97 Å². The van der Waals surface area contributed by atoms with E-state index < -0.39 is 16.2 Å². The molecule has 0 saturated heterocycles. The molecule has 0 saturated carbocycles. The Morgan fingerprint density at radius 3 is 2.83 bits per heavy atom. The van der Waals surface area contributed by atoms with Crippen LogP contribution in [0.2, 0.25) is 0 Å². The highest BCUT2D eigenvalue weighted by molar-refractivity contribution is 7.87. The molecule has 1 atom stereocenters. The van der Waals surface area contributed by atoms with E-state index in [-0.39, 0.29) is 38.0 Å². The van der Waals surface area contributed by atoms with Crippen LogP contribution in [0.4, 0.5) is 0 Å². The molecule has 0 spiro atoms. The Kier molecular flexibility index (Phi) is 8.11. The van der Waals surface area contributed by atoms with Crippen LogP contribution in [0.5, 0.6) is 0 Å². The van der Waals surface area contributed by atoms with Gasteiger partial charge in [0, 0.05) is 26.2 Å². The van der Waals surface area contributed by atoms with E-state index in [4.69, 9.17) is 0 Å². The Morgan fingerprint density at radius 1 is 1.42 bits per heavy atom. The molecule has 0 aliphatic carbocycles. The van der Waals surface area contributed by atoms with Crippen LogP contribution in [0.1, 0.15) is 23.6 Å². The third-order valence-corrected chi connectivity index (χ3v) is 5.49. The maximum absolute atomic E-state index is 12.2. The first-order valence-corrected chi connectivity index (χ1v) is 8.97. The summed E-state index contributed by atoms with van der Waals surface area (Å²) in [6.45, 7) is 1.17. The smallest absolute Gasteiger partial charge is 0.306 e. The van der Waals surface area contributed by atoms with Crippen molar-refractivity contribution in [1.82, 2.24) is 14.3 Å². The number of fused-ring (bicyclic) bond motifs is 1. The lowest BCUT2D eigenvalue weighted by Crippen LogP contribution is -2.44. The lowest BCUT2D eigenvalue weighted by molar-refractivity contribution is -0.140. The van der Waals surface area contributed by atoms with Gasteiger partial charge in [0.05, 0.1) is 13.5 Å². The van der Waals surface area contributed by atoms with Gasteiger partial charge in [-0.1, -0.05) is 24.3 Å². The van der Waals surface area contributed by atoms with Crippen molar-refractivity contribution in [1.29, 1.82) is 0 Å². The molecule has 0 bridgehead atoms. The molecule has 9 heteroatoms. The first-order valence-electron chi connectivity index (χ1n) is 7.53. The van der Waals surface area contributed by atoms with Gasteiger partial charge in [-0.2, -0.15) is 12.7 Å². The number of rotatable bonds is 7. The largest absolute Gasteiger partial charge is 0.469 e. The molecule has 1 heterocycles. The van der Waals surface area contributed by atoms with Crippen molar-refractivity contribution in [3.63, 3.8) is 0 Å². The van der Waals surface area contributed by atoms with Gasteiger partial charge in [0.15, 0.2) is 0 Å². The first-order chi connectivity index (χ1) is 10.9. The van der Waals surface area contributed by atoms with Crippen molar-refractivity contribution in [3.8, 4) is 0 Å². The lowest BCUT2D eigenvalue weighted by atomic mass is 9.95. The van der Waals surface area contributed by atoms with Gasteiger partial charge in [0.25, 0.3) is 10.2 Å². The van der Waals surface area contributed by atoms with Crippen LogP contribution >= 0.6 is 12.4 Å². The molecule has 1 aromatic rings. The normalized spacial score (nSPS) is 17.0. The second kappa shape index (κ2) is 9.33. The molecule has 136 valence electrons. The molecular formula is C15H24ClN3O4S. The summed E-state index contributed by atoms with van der Waals surface area (Å²) in [4.78, 5) is 11.1. The van der Waals surface area contributed by atoms with Crippen LogP contribution in [-0.4, -0.2) is 52.5 Å². The third kappa shape index (κ3) is 5.42. The highest BCUT2D eigenvalue weighted by atomic mass is 35.5. The zero-order chi connectivity index (χ0) is 16.9. The number of hydrogen-bond acceptors (Lipinski definition) is 5. The summed E-state index contributed by atoms with van der Waals surface area (Å²) < 4.78 is 32.7. The van der Waals surface area contributed by atoms with Gasteiger partial charge in [-0.05, 0) is 24.1 Å². The second-order valence-corrected chi connectivity index (χ2v) is 7.32. The Morgan fingerprint density at radius 2 is 2.12 bits per heavy atom. The van der Waals surface area contributed by atoms with E-state index in [0.717, 1.165) is 22.8 Å². The van der Waals surface area contributed by atoms with Crippen LogP contribution in [-0.2, 0) is 26.2 Å². The zero-order valence-corrected chi connectivity index (χ0v) is 15.5. The van der Waals surface area contributed by atoms with Crippen molar-refractivity contribution >= 4 is 28.6 Å². The van der Waals surface area contributed by atoms with E-state index >= 15 is 0 Å². The summed E-state index contributed by atoms with van der Waals surface area (Å²) >= 11 is 0. The number of nitrogens with one attached hydrogen (secondary N) is 2. The molecule has 1 aliphatic rings. The fourth-order valence-corrected chi connectivity index (χ4v) is 3.47. The highest BCUT2D eigenvalue weighted by Gasteiger charge is 2.23. The maximum atomic E-state index is 12.2. The van der Waals surface area contributed by atoms with Gasteiger partial charge in [-0.3, -0.25) is 4.79 Å². The van der Waals surface area contributed by atoms with Gasteiger partial charge in [-0.15, -0.1) is 12.4 Å². The minimum atomic E-state index is -3.63. The van der Waals surface area contributed by atoms with Crippen molar-refractivity contribution in [3.05, 3.63) is 35.4 Å². The number of hydrogen-bond donors (Lipinski definition) is 2. The van der Waals surface area contributed by atoms with Crippen molar-refractivity contribution in [2.75, 3.05) is 33.8 Å². The predicted molar refractivity (Wildman–Crippen MR) is 94.3 cm³/mol. The van der Waals surface area contributed by atoms with Crippen LogP contribution in [0.15, 0.2) is 24.3 Å². The monoisotopic (exact) mass is 377 g/mol. The van der Waals surface area contributed by atoms with E-state index in [0.29, 0.717) is 0 Å². The number of nitrogens with zero attached hydrogens (tertiary/aromatic N) is 1. The highest BCUT2D eigenvalue weighted by Crippen LogP contribution is 2.22. The average molecular weight is 378 g/mol. The third-order valence-electron chi connectivity index (χ3n) is 3.95. The lowest BCUT2D eigenvalue weighted by Gasteiger charge is -2.28. The van der Waals surface area contributed by atoms with Crippen molar-refractivity contribution in [2.45, 2.75) is 18.9 Å². The number of halogens is 1. The molecular weight excluding hydrogens is 354 g/mol. The van der Waals surface area contributed by atoms with Gasteiger partial charge < -0.3 is 10.1 Å². The Labute approximate surface area is 149 Å². The molecule has 2 N–H and O–H groups in total. The van der Waals surface area contributed by atoms with Crippen LogP contribution in [0.3, 0.4) is 0 Å². The van der Waals surface area contributed by atoms with E-state index in [1.54, 1.807) is 0 Å². The zero-order valence-electron chi connectivity index (χ0n) is 13.8. The molecule has 0 radical (unpaired) electrons. The summed E-state index contributed by atoms with van der Waals surface area (Å²) in [5.41, 5.74) is 2.37. The van der Waals surface area contributed by atoms with Crippen LogP contribution < -0.4 is 10.0 Å². The second-order valence-electron chi connectivity index (χ2n) is 5.46. The SMILES string of the molecule is COC(=O)CCN(C)S(=O)(=O)NCC1NCCc2ccccc21.Cl. The number of methoxy groups -OCH3 is 1. The summed E-state index contributed by atoms with van der Waals surface area (Å²) in [7, 11) is -0.913. The van der Waals surface area contributed by atoms with Gasteiger partial charge in [0.1, 0.15) is 0 Å². The molecule has 1 aliphatic heterocycles. The van der Waals surface area contributed by atoms with Gasteiger partial charge in [0.2, 0.25) is 0 Å².